The van der Waals surface area contributed by atoms with Gasteiger partial charge in [-0.05, 0) is 6.42 Å². The Morgan fingerprint density at radius 1 is 0.423 bits per heavy atom. The molecule has 0 amide bonds. The molecule has 0 aromatic rings. The molecule has 0 N–H and O–H groups in total. The Labute approximate surface area is 163 Å². The highest BCUT2D eigenvalue weighted by Gasteiger charge is 1.94. The molecule has 7 nitrogen and oxygen atoms in total. The van der Waals surface area contributed by atoms with E-state index in [9.17, 15) is 0 Å². The van der Waals surface area contributed by atoms with Crippen molar-refractivity contribution in [3.8, 4) is 0 Å². The van der Waals surface area contributed by atoms with Gasteiger partial charge in [0.15, 0.2) is 0 Å². The minimum absolute atomic E-state index is 0.510. The molecule has 26 heavy (non-hydrogen) atoms. The first-order valence-electron chi connectivity index (χ1n) is 9.52. The number of halogens is 1. The fourth-order valence-electron chi connectivity index (χ4n) is 1.72. The van der Waals surface area contributed by atoms with Crippen LogP contribution in [-0.4, -0.2) is 98.4 Å². The maximum atomic E-state index is 5.48. The average molecular weight is 401 g/mol. The second-order valence-electron chi connectivity index (χ2n) is 5.33. The smallest absolute Gasteiger partial charge is 0.0701 e. The molecule has 0 aliphatic carbocycles. The van der Waals surface area contributed by atoms with E-state index in [1.807, 2.05) is 0 Å². The SMILES string of the molecule is CCCCOCCOCCOCCOCCOCCOCCOCCCl. The predicted octanol–water partition coefficient (Wildman–Crippen LogP) is 2.14. The van der Waals surface area contributed by atoms with Gasteiger partial charge in [-0.2, -0.15) is 0 Å². The Balaban J connectivity index is 2.95. The lowest BCUT2D eigenvalue weighted by atomic mass is 10.4. The first-order valence-corrected chi connectivity index (χ1v) is 10.1. The lowest BCUT2D eigenvalue weighted by molar-refractivity contribution is -0.0201. The predicted molar refractivity (Wildman–Crippen MR) is 101 cm³/mol. The van der Waals surface area contributed by atoms with Crippen LogP contribution in [0.5, 0.6) is 0 Å². The van der Waals surface area contributed by atoms with Crippen molar-refractivity contribution in [1.82, 2.24) is 0 Å². The Hall–Kier alpha value is 0.01000. The quantitative estimate of drug-likeness (QED) is 0.192. The Morgan fingerprint density at radius 3 is 0.962 bits per heavy atom. The first-order chi connectivity index (χ1) is 12.9. The van der Waals surface area contributed by atoms with E-state index in [1.165, 1.54) is 0 Å². The summed E-state index contributed by atoms with van der Waals surface area (Å²) in [6, 6.07) is 0. The molecule has 0 rings (SSSR count). The summed E-state index contributed by atoms with van der Waals surface area (Å²) in [6.07, 6.45) is 2.26. The summed E-state index contributed by atoms with van der Waals surface area (Å²) in [6.45, 7) is 10.4. The number of ether oxygens (including phenoxy) is 7. The molecule has 0 spiro atoms. The van der Waals surface area contributed by atoms with Crippen LogP contribution in [0.1, 0.15) is 19.8 Å². The molecule has 0 heterocycles. The third-order valence-corrected chi connectivity index (χ3v) is 3.25. The molecule has 0 fully saturated rings. The van der Waals surface area contributed by atoms with Crippen LogP contribution in [-0.2, 0) is 33.2 Å². The minimum atomic E-state index is 0.510. The zero-order valence-corrected chi connectivity index (χ0v) is 17.0. The Kier molecular flexibility index (Phi) is 25.0. The fourth-order valence-corrected chi connectivity index (χ4v) is 1.83. The van der Waals surface area contributed by atoms with E-state index in [-0.39, 0.29) is 0 Å². The van der Waals surface area contributed by atoms with Crippen LogP contribution in [0.25, 0.3) is 0 Å². The number of hydrogen-bond donors (Lipinski definition) is 0. The second-order valence-corrected chi connectivity index (χ2v) is 5.71. The van der Waals surface area contributed by atoms with Crippen molar-refractivity contribution in [3.63, 3.8) is 0 Å². The van der Waals surface area contributed by atoms with E-state index in [2.05, 4.69) is 6.92 Å². The van der Waals surface area contributed by atoms with Gasteiger partial charge in [0.25, 0.3) is 0 Å². The topological polar surface area (TPSA) is 64.6 Å². The van der Waals surface area contributed by atoms with Crippen LogP contribution in [0.2, 0.25) is 0 Å². The molecular weight excluding hydrogens is 364 g/mol. The summed E-state index contributed by atoms with van der Waals surface area (Å²) in [7, 11) is 0. The van der Waals surface area contributed by atoms with Gasteiger partial charge in [-0.25, -0.2) is 0 Å². The molecule has 158 valence electrons. The highest BCUT2D eigenvalue weighted by Crippen LogP contribution is 1.88. The van der Waals surface area contributed by atoms with Gasteiger partial charge >= 0.3 is 0 Å². The summed E-state index contributed by atoms with van der Waals surface area (Å²) < 4.78 is 37.5. The first kappa shape index (κ1) is 26.0. The summed E-state index contributed by atoms with van der Waals surface area (Å²) in [5, 5.41) is 0. The van der Waals surface area contributed by atoms with Gasteiger partial charge in [0.05, 0.1) is 85.9 Å². The Bertz CT molecular complexity index is 224. The third-order valence-electron chi connectivity index (χ3n) is 3.10. The highest BCUT2D eigenvalue weighted by atomic mass is 35.5. The molecule has 0 bridgehead atoms. The van der Waals surface area contributed by atoms with Crippen molar-refractivity contribution in [2.75, 3.05) is 98.4 Å². The van der Waals surface area contributed by atoms with E-state index < -0.39 is 0 Å². The van der Waals surface area contributed by atoms with Gasteiger partial charge < -0.3 is 33.2 Å². The standard InChI is InChI=1S/C18H37ClO7/c1-2-3-5-20-7-9-22-11-13-24-15-17-26-18-16-25-14-12-23-10-8-21-6-4-19/h2-18H2,1H3. The maximum Gasteiger partial charge on any atom is 0.0701 e. The normalized spacial score (nSPS) is 11.3. The van der Waals surface area contributed by atoms with Gasteiger partial charge in [0.1, 0.15) is 0 Å². The maximum absolute atomic E-state index is 5.48. The zero-order chi connectivity index (χ0) is 19.0. The summed E-state index contributed by atoms with van der Waals surface area (Å²) >= 11 is 5.48. The minimum Gasteiger partial charge on any atom is -0.379 e. The molecule has 0 saturated heterocycles. The van der Waals surface area contributed by atoms with Gasteiger partial charge in [0.2, 0.25) is 0 Å². The fraction of sp³-hybridized carbons (Fsp3) is 1.00. The molecule has 0 aromatic carbocycles. The number of unbranched alkanes of at least 4 members (excludes halogenated alkanes) is 1. The average Bonchev–Trinajstić information content (AvgIpc) is 2.66. The summed E-state index contributed by atoms with van der Waals surface area (Å²) in [5.74, 6) is 0.510. The molecule has 8 heteroatoms. The molecule has 0 aliphatic heterocycles. The lowest BCUT2D eigenvalue weighted by Crippen LogP contribution is -2.14. The Morgan fingerprint density at radius 2 is 0.692 bits per heavy atom. The molecule has 0 radical (unpaired) electrons. The van der Waals surface area contributed by atoms with Crippen molar-refractivity contribution in [2.45, 2.75) is 19.8 Å². The van der Waals surface area contributed by atoms with Crippen molar-refractivity contribution in [2.24, 2.45) is 0 Å². The number of hydrogen-bond acceptors (Lipinski definition) is 7. The van der Waals surface area contributed by atoms with E-state index in [4.69, 9.17) is 44.8 Å². The molecule has 0 aliphatic rings. The largest absolute Gasteiger partial charge is 0.379 e. The van der Waals surface area contributed by atoms with Crippen LogP contribution < -0.4 is 0 Å². The summed E-state index contributed by atoms with van der Waals surface area (Å²) in [4.78, 5) is 0. The molecular formula is C18H37ClO7. The second kappa shape index (κ2) is 25.0. The lowest BCUT2D eigenvalue weighted by Gasteiger charge is -2.08. The number of rotatable bonds is 23. The van der Waals surface area contributed by atoms with Crippen LogP contribution in [0, 0.1) is 0 Å². The molecule has 0 atom stereocenters. The van der Waals surface area contributed by atoms with Gasteiger partial charge in [-0.15, -0.1) is 11.6 Å². The van der Waals surface area contributed by atoms with E-state index in [0.717, 1.165) is 19.4 Å². The molecule has 0 aromatic heterocycles. The van der Waals surface area contributed by atoms with Crippen molar-refractivity contribution in [3.05, 3.63) is 0 Å². The zero-order valence-electron chi connectivity index (χ0n) is 16.3. The third kappa shape index (κ3) is 24.0. The van der Waals surface area contributed by atoms with E-state index in [1.54, 1.807) is 0 Å². The van der Waals surface area contributed by atoms with Crippen molar-refractivity contribution in [1.29, 1.82) is 0 Å². The van der Waals surface area contributed by atoms with Gasteiger partial charge in [0, 0.05) is 12.5 Å². The monoisotopic (exact) mass is 400 g/mol. The van der Waals surface area contributed by atoms with E-state index in [0.29, 0.717) is 91.8 Å². The number of alkyl halides is 1. The molecule has 0 saturated carbocycles. The van der Waals surface area contributed by atoms with Gasteiger partial charge in [-0.3, -0.25) is 0 Å². The van der Waals surface area contributed by atoms with Gasteiger partial charge in [-0.1, -0.05) is 13.3 Å². The van der Waals surface area contributed by atoms with Crippen LogP contribution >= 0.6 is 11.6 Å². The van der Waals surface area contributed by atoms with Crippen molar-refractivity contribution < 1.29 is 33.2 Å². The van der Waals surface area contributed by atoms with Crippen LogP contribution in [0.4, 0.5) is 0 Å². The molecule has 0 unspecified atom stereocenters. The van der Waals surface area contributed by atoms with E-state index >= 15 is 0 Å². The van der Waals surface area contributed by atoms with Crippen LogP contribution in [0.3, 0.4) is 0 Å². The van der Waals surface area contributed by atoms with Crippen molar-refractivity contribution >= 4 is 11.6 Å². The van der Waals surface area contributed by atoms with Crippen LogP contribution in [0.15, 0.2) is 0 Å². The highest BCUT2D eigenvalue weighted by molar-refractivity contribution is 6.17. The summed E-state index contributed by atoms with van der Waals surface area (Å²) in [5.41, 5.74) is 0.